The van der Waals surface area contributed by atoms with Gasteiger partial charge in [0.2, 0.25) is 0 Å². The van der Waals surface area contributed by atoms with Crippen molar-refractivity contribution in [3.05, 3.63) is 33.9 Å². The first kappa shape index (κ1) is 20.4. The van der Waals surface area contributed by atoms with Gasteiger partial charge < -0.3 is 29.9 Å². The third kappa shape index (κ3) is 3.68. The average molecular weight is 380 g/mol. The van der Waals surface area contributed by atoms with Gasteiger partial charge in [-0.2, -0.15) is 0 Å². The van der Waals surface area contributed by atoms with E-state index in [4.69, 9.17) is 9.47 Å². The van der Waals surface area contributed by atoms with Crippen molar-refractivity contribution in [1.82, 2.24) is 0 Å². The Balaban J connectivity index is 1.69. The zero-order valence-corrected chi connectivity index (χ0v) is 15.9. The maximum Gasteiger partial charge on any atom is 0.186 e. The van der Waals surface area contributed by atoms with Gasteiger partial charge in [-0.05, 0) is 48.9 Å². The second kappa shape index (κ2) is 7.95. The van der Waals surface area contributed by atoms with Crippen molar-refractivity contribution < 1.29 is 34.7 Å². The van der Waals surface area contributed by atoms with E-state index in [-0.39, 0.29) is 18.3 Å². The van der Waals surface area contributed by atoms with Crippen molar-refractivity contribution in [2.75, 3.05) is 13.2 Å². The Hall–Kier alpha value is -1.35. The first-order chi connectivity index (χ1) is 12.8. The van der Waals surface area contributed by atoms with E-state index in [0.717, 1.165) is 34.2 Å². The van der Waals surface area contributed by atoms with Crippen LogP contribution in [0.5, 0.6) is 0 Å². The molecule has 7 nitrogen and oxygen atoms in total. The third-order valence-electron chi connectivity index (χ3n) is 5.72. The molecule has 0 aromatic heterocycles. The molecule has 150 valence electrons. The van der Waals surface area contributed by atoms with E-state index < -0.39 is 37.3 Å². The van der Waals surface area contributed by atoms with Gasteiger partial charge in [-0.25, -0.2) is 0 Å². The van der Waals surface area contributed by atoms with Crippen LogP contribution in [0.15, 0.2) is 6.07 Å². The Kier molecular flexibility index (Phi) is 6.00. The molecule has 1 fully saturated rings. The Morgan fingerprint density at radius 2 is 1.89 bits per heavy atom. The third-order valence-corrected chi connectivity index (χ3v) is 5.72. The lowest BCUT2D eigenvalue weighted by molar-refractivity contribution is -0.300. The number of Topliss-reactive ketones (excluding diaryl/α,β-unsaturated/α-hetero) is 1. The Bertz CT molecular complexity index is 715. The van der Waals surface area contributed by atoms with E-state index in [9.17, 15) is 25.2 Å². The second-order valence-corrected chi connectivity index (χ2v) is 7.62. The summed E-state index contributed by atoms with van der Waals surface area (Å²) in [4.78, 5) is 12.4. The molecule has 0 amide bonds. The number of ketones is 1. The molecule has 1 heterocycles. The van der Waals surface area contributed by atoms with Crippen LogP contribution in [-0.4, -0.2) is 70.1 Å². The summed E-state index contributed by atoms with van der Waals surface area (Å²) in [6, 6.07) is 2.06. The first-order valence-electron chi connectivity index (χ1n) is 9.34. The van der Waals surface area contributed by atoms with Gasteiger partial charge in [0.15, 0.2) is 12.1 Å². The van der Waals surface area contributed by atoms with Crippen molar-refractivity contribution in [1.29, 1.82) is 0 Å². The quantitative estimate of drug-likeness (QED) is 0.570. The highest BCUT2D eigenvalue weighted by molar-refractivity contribution is 6.03. The number of carbonyl (C=O) groups is 1. The molecule has 4 N–H and O–H groups in total. The SMILES string of the molecule is Cc1cc2c(c(C)c1CCO[C@H]1O[C@@H](CO)[C@H](O)[C@H](O)[C@H]1O)C(=O)[C@@H](C)C2. The molecule has 0 spiro atoms. The predicted molar refractivity (Wildman–Crippen MR) is 96.5 cm³/mol. The van der Waals surface area contributed by atoms with E-state index in [1.807, 2.05) is 20.8 Å². The molecule has 2 aliphatic rings. The minimum absolute atomic E-state index is 0.0127. The highest BCUT2D eigenvalue weighted by Crippen LogP contribution is 2.33. The molecule has 1 aliphatic carbocycles. The van der Waals surface area contributed by atoms with Crippen LogP contribution in [0.4, 0.5) is 0 Å². The smallest absolute Gasteiger partial charge is 0.186 e. The molecule has 0 radical (unpaired) electrons. The van der Waals surface area contributed by atoms with E-state index in [0.29, 0.717) is 6.42 Å². The van der Waals surface area contributed by atoms with Crippen LogP contribution in [0.2, 0.25) is 0 Å². The van der Waals surface area contributed by atoms with Crippen LogP contribution in [-0.2, 0) is 22.3 Å². The molecule has 3 rings (SSSR count). The highest BCUT2D eigenvalue weighted by atomic mass is 16.7. The normalized spacial score (nSPS) is 33.4. The van der Waals surface area contributed by atoms with Gasteiger partial charge in [0.25, 0.3) is 0 Å². The Morgan fingerprint density at radius 3 is 2.56 bits per heavy atom. The minimum atomic E-state index is -1.46. The molecule has 6 atom stereocenters. The van der Waals surface area contributed by atoms with Crippen molar-refractivity contribution in [2.24, 2.45) is 5.92 Å². The lowest BCUT2D eigenvalue weighted by Crippen LogP contribution is -2.59. The fourth-order valence-corrected chi connectivity index (χ4v) is 4.15. The molecule has 1 aromatic carbocycles. The fourth-order valence-electron chi connectivity index (χ4n) is 4.15. The number of aryl methyl sites for hydroxylation is 1. The summed E-state index contributed by atoms with van der Waals surface area (Å²) in [7, 11) is 0. The van der Waals surface area contributed by atoms with Gasteiger partial charge in [-0.15, -0.1) is 0 Å². The van der Waals surface area contributed by atoms with E-state index >= 15 is 0 Å². The molecule has 0 unspecified atom stereocenters. The number of aliphatic hydroxyl groups excluding tert-OH is 4. The molecule has 1 aliphatic heterocycles. The van der Waals surface area contributed by atoms with Crippen LogP contribution in [0.3, 0.4) is 0 Å². The molecule has 0 saturated carbocycles. The van der Waals surface area contributed by atoms with E-state index in [1.165, 1.54) is 0 Å². The largest absolute Gasteiger partial charge is 0.394 e. The number of rotatable bonds is 5. The van der Waals surface area contributed by atoms with Crippen LogP contribution in [0.25, 0.3) is 0 Å². The molecular formula is C20H28O7. The molecule has 1 aromatic rings. The van der Waals surface area contributed by atoms with Gasteiger partial charge in [-0.3, -0.25) is 4.79 Å². The molecule has 0 bridgehead atoms. The number of hydrogen-bond acceptors (Lipinski definition) is 7. The zero-order valence-electron chi connectivity index (χ0n) is 15.9. The lowest BCUT2D eigenvalue weighted by atomic mass is 9.92. The summed E-state index contributed by atoms with van der Waals surface area (Å²) in [6.45, 7) is 5.61. The van der Waals surface area contributed by atoms with Gasteiger partial charge in [-0.1, -0.05) is 13.0 Å². The predicted octanol–water partition coefficient (Wildman–Crippen LogP) is 0.0373. The summed E-state index contributed by atoms with van der Waals surface area (Å²) in [5, 5.41) is 38.9. The first-order valence-corrected chi connectivity index (χ1v) is 9.34. The maximum absolute atomic E-state index is 12.4. The van der Waals surface area contributed by atoms with E-state index in [2.05, 4.69) is 6.07 Å². The van der Waals surface area contributed by atoms with E-state index in [1.54, 1.807) is 0 Å². The standard InChI is InChI=1S/C20H28O7/c1-9-6-12-7-10(2)16(22)15(12)11(3)13(9)4-5-26-20-19(25)18(24)17(23)14(8-21)27-20/h6,10,14,17-21,23-25H,4-5,7-8H2,1-3H3/t10-,14-,17-,18-,19+,20-/m0/s1. The van der Waals surface area contributed by atoms with Crippen LogP contribution < -0.4 is 0 Å². The number of benzene rings is 1. The zero-order chi connectivity index (χ0) is 19.9. The van der Waals surface area contributed by atoms with Crippen molar-refractivity contribution in [3.8, 4) is 0 Å². The molecule has 1 saturated heterocycles. The van der Waals surface area contributed by atoms with Crippen LogP contribution in [0.1, 0.15) is 39.5 Å². The Labute approximate surface area is 158 Å². The summed E-state index contributed by atoms with van der Waals surface area (Å²) in [5.41, 5.74) is 5.00. The topological polar surface area (TPSA) is 116 Å². The van der Waals surface area contributed by atoms with Crippen molar-refractivity contribution >= 4 is 5.78 Å². The van der Waals surface area contributed by atoms with Crippen molar-refractivity contribution in [2.45, 2.75) is 64.3 Å². The number of hydrogen-bond donors (Lipinski definition) is 4. The second-order valence-electron chi connectivity index (χ2n) is 7.62. The Morgan fingerprint density at radius 1 is 1.19 bits per heavy atom. The molecular weight excluding hydrogens is 352 g/mol. The van der Waals surface area contributed by atoms with Crippen molar-refractivity contribution in [3.63, 3.8) is 0 Å². The highest BCUT2D eigenvalue weighted by Gasteiger charge is 2.44. The van der Waals surface area contributed by atoms with Crippen LogP contribution >= 0.6 is 0 Å². The van der Waals surface area contributed by atoms with Gasteiger partial charge in [0.1, 0.15) is 24.4 Å². The monoisotopic (exact) mass is 380 g/mol. The number of aliphatic hydroxyl groups is 4. The van der Waals surface area contributed by atoms with Gasteiger partial charge >= 0.3 is 0 Å². The van der Waals surface area contributed by atoms with Gasteiger partial charge in [0, 0.05) is 11.5 Å². The summed E-state index contributed by atoms with van der Waals surface area (Å²) < 4.78 is 10.9. The number of carbonyl (C=O) groups excluding carboxylic acids is 1. The molecule has 7 heteroatoms. The number of fused-ring (bicyclic) bond motifs is 1. The fraction of sp³-hybridized carbons (Fsp3) is 0.650. The molecule has 27 heavy (non-hydrogen) atoms. The summed E-state index contributed by atoms with van der Waals surface area (Å²) in [5.74, 6) is 0.192. The van der Waals surface area contributed by atoms with Gasteiger partial charge in [0.05, 0.1) is 13.2 Å². The maximum atomic E-state index is 12.4. The minimum Gasteiger partial charge on any atom is -0.394 e. The lowest BCUT2D eigenvalue weighted by Gasteiger charge is -2.39. The number of ether oxygens (including phenoxy) is 2. The van der Waals surface area contributed by atoms with Crippen LogP contribution in [0, 0.1) is 19.8 Å². The summed E-state index contributed by atoms with van der Waals surface area (Å²) >= 11 is 0. The summed E-state index contributed by atoms with van der Waals surface area (Å²) in [6.07, 6.45) is -5.11. The average Bonchev–Trinajstić information content (AvgIpc) is 2.91.